The second kappa shape index (κ2) is 6.48. The van der Waals surface area contributed by atoms with Gasteiger partial charge in [-0.1, -0.05) is 18.2 Å². The zero-order valence-corrected chi connectivity index (χ0v) is 12.6. The van der Waals surface area contributed by atoms with E-state index in [1.165, 1.54) is 18.2 Å². The van der Waals surface area contributed by atoms with Gasteiger partial charge in [0.05, 0.1) is 16.3 Å². The monoisotopic (exact) mass is 311 g/mol. The Hall–Kier alpha value is -2.89. The Morgan fingerprint density at radius 1 is 1.09 bits per heavy atom. The lowest BCUT2D eigenvalue weighted by Crippen LogP contribution is -2.21. The Bertz CT molecular complexity index is 739. The van der Waals surface area contributed by atoms with Crippen LogP contribution in [0.1, 0.15) is 23.2 Å². The average molecular weight is 311 g/mol. The summed E-state index contributed by atoms with van der Waals surface area (Å²) in [6.45, 7) is 1.95. The summed E-state index contributed by atoms with van der Waals surface area (Å²) in [5.41, 5.74) is 1.90. The van der Waals surface area contributed by atoms with Gasteiger partial charge in [0, 0.05) is 30.8 Å². The van der Waals surface area contributed by atoms with Crippen LogP contribution in [-0.4, -0.2) is 23.9 Å². The molecule has 0 bridgehead atoms. The quantitative estimate of drug-likeness (QED) is 0.693. The zero-order chi connectivity index (χ0) is 16.2. The highest BCUT2D eigenvalue weighted by atomic mass is 16.6. The van der Waals surface area contributed by atoms with Crippen molar-refractivity contribution in [3.63, 3.8) is 0 Å². The van der Waals surface area contributed by atoms with Gasteiger partial charge in [0.2, 0.25) is 0 Å². The summed E-state index contributed by atoms with van der Waals surface area (Å²) < 4.78 is 0. The van der Waals surface area contributed by atoms with E-state index < -0.39 is 4.92 Å². The van der Waals surface area contributed by atoms with Crippen LogP contribution in [0.5, 0.6) is 0 Å². The van der Waals surface area contributed by atoms with Crippen molar-refractivity contribution in [3.8, 4) is 0 Å². The minimum atomic E-state index is -0.505. The second-order valence-electron chi connectivity index (χ2n) is 5.47. The first-order valence-electron chi connectivity index (χ1n) is 7.55. The van der Waals surface area contributed by atoms with Gasteiger partial charge in [-0.25, -0.2) is 0 Å². The molecule has 0 unspecified atom stereocenters. The molecule has 3 rings (SSSR count). The number of hydrogen-bond donors (Lipinski definition) is 1. The molecular formula is C17H17N3O3. The van der Waals surface area contributed by atoms with Crippen molar-refractivity contribution in [1.29, 1.82) is 0 Å². The van der Waals surface area contributed by atoms with E-state index in [-0.39, 0.29) is 17.2 Å². The third kappa shape index (κ3) is 3.31. The number of carbonyl (C=O) groups excluding carboxylic acids is 1. The van der Waals surface area contributed by atoms with E-state index >= 15 is 0 Å². The van der Waals surface area contributed by atoms with E-state index in [2.05, 4.69) is 10.2 Å². The third-order valence-corrected chi connectivity index (χ3v) is 3.92. The molecule has 6 heteroatoms. The molecule has 1 amide bonds. The van der Waals surface area contributed by atoms with Gasteiger partial charge in [0.15, 0.2) is 0 Å². The van der Waals surface area contributed by atoms with Crippen LogP contribution in [0.15, 0.2) is 48.5 Å². The number of carbonyl (C=O) groups is 1. The van der Waals surface area contributed by atoms with Crippen LogP contribution in [-0.2, 0) is 0 Å². The van der Waals surface area contributed by atoms with E-state index in [0.717, 1.165) is 37.3 Å². The molecule has 118 valence electrons. The third-order valence-electron chi connectivity index (χ3n) is 3.92. The molecule has 2 aromatic rings. The number of nitro groups is 1. The van der Waals surface area contributed by atoms with Crippen molar-refractivity contribution in [1.82, 2.24) is 0 Å². The SMILES string of the molecule is O=C(Nc1ccccc1N1CCCC1)c1cccc([N+](=O)[O-])c1. The van der Waals surface area contributed by atoms with Crippen molar-refractivity contribution < 1.29 is 9.72 Å². The number of benzene rings is 2. The number of hydrogen-bond acceptors (Lipinski definition) is 4. The Morgan fingerprint density at radius 2 is 1.83 bits per heavy atom. The summed E-state index contributed by atoms with van der Waals surface area (Å²) in [6.07, 6.45) is 2.29. The van der Waals surface area contributed by atoms with Crippen LogP contribution >= 0.6 is 0 Å². The summed E-state index contributed by atoms with van der Waals surface area (Å²) in [5.74, 6) is -0.347. The van der Waals surface area contributed by atoms with Gasteiger partial charge in [-0.05, 0) is 31.0 Å². The topological polar surface area (TPSA) is 75.5 Å². The number of nitrogens with one attached hydrogen (secondary N) is 1. The summed E-state index contributed by atoms with van der Waals surface area (Å²) in [4.78, 5) is 25.0. The average Bonchev–Trinajstić information content (AvgIpc) is 3.09. The van der Waals surface area contributed by atoms with Crippen LogP contribution in [0.4, 0.5) is 17.1 Å². The Kier molecular flexibility index (Phi) is 4.23. The Balaban J connectivity index is 1.83. The molecule has 0 aliphatic carbocycles. The minimum absolute atomic E-state index is 0.0921. The summed E-state index contributed by atoms with van der Waals surface area (Å²) in [5, 5.41) is 13.7. The number of non-ortho nitro benzene ring substituents is 1. The predicted molar refractivity (Wildman–Crippen MR) is 88.9 cm³/mol. The molecule has 0 radical (unpaired) electrons. The van der Waals surface area contributed by atoms with Crippen molar-refractivity contribution in [2.75, 3.05) is 23.3 Å². The molecule has 6 nitrogen and oxygen atoms in total. The van der Waals surface area contributed by atoms with Gasteiger partial charge < -0.3 is 10.2 Å². The van der Waals surface area contributed by atoms with Gasteiger partial charge in [0.1, 0.15) is 0 Å². The number of amides is 1. The van der Waals surface area contributed by atoms with E-state index in [9.17, 15) is 14.9 Å². The second-order valence-corrected chi connectivity index (χ2v) is 5.47. The molecule has 0 atom stereocenters. The van der Waals surface area contributed by atoms with Crippen LogP contribution in [0.25, 0.3) is 0 Å². The van der Waals surface area contributed by atoms with Crippen molar-refractivity contribution in [2.45, 2.75) is 12.8 Å². The molecule has 1 fully saturated rings. The maximum Gasteiger partial charge on any atom is 0.270 e. The maximum atomic E-state index is 12.4. The zero-order valence-electron chi connectivity index (χ0n) is 12.6. The van der Waals surface area contributed by atoms with Crippen LogP contribution < -0.4 is 10.2 Å². The van der Waals surface area contributed by atoms with Gasteiger partial charge in [0.25, 0.3) is 11.6 Å². The number of anilines is 2. The van der Waals surface area contributed by atoms with E-state index in [0.29, 0.717) is 0 Å². The highest BCUT2D eigenvalue weighted by Gasteiger charge is 2.17. The van der Waals surface area contributed by atoms with Gasteiger partial charge in [-0.3, -0.25) is 14.9 Å². The van der Waals surface area contributed by atoms with Crippen LogP contribution in [0, 0.1) is 10.1 Å². The molecule has 23 heavy (non-hydrogen) atoms. The molecule has 0 spiro atoms. The van der Waals surface area contributed by atoms with E-state index in [1.54, 1.807) is 6.07 Å². The van der Waals surface area contributed by atoms with Gasteiger partial charge in [-0.15, -0.1) is 0 Å². The maximum absolute atomic E-state index is 12.4. The van der Waals surface area contributed by atoms with Crippen LogP contribution in [0.3, 0.4) is 0 Å². The highest BCUT2D eigenvalue weighted by molar-refractivity contribution is 6.06. The molecule has 1 aliphatic rings. The molecule has 0 aromatic heterocycles. The highest BCUT2D eigenvalue weighted by Crippen LogP contribution is 2.29. The first-order chi connectivity index (χ1) is 11.1. The van der Waals surface area contributed by atoms with Gasteiger partial charge in [-0.2, -0.15) is 0 Å². The van der Waals surface area contributed by atoms with E-state index in [4.69, 9.17) is 0 Å². The van der Waals surface area contributed by atoms with E-state index in [1.807, 2.05) is 24.3 Å². The van der Waals surface area contributed by atoms with Gasteiger partial charge >= 0.3 is 0 Å². The first-order valence-corrected chi connectivity index (χ1v) is 7.55. The molecule has 2 aromatic carbocycles. The number of rotatable bonds is 4. The Morgan fingerprint density at radius 3 is 2.57 bits per heavy atom. The summed E-state index contributed by atoms with van der Waals surface area (Å²) in [6, 6.07) is 13.4. The van der Waals surface area contributed by atoms with Crippen molar-refractivity contribution in [2.24, 2.45) is 0 Å². The number of nitro benzene ring substituents is 1. The molecule has 1 N–H and O–H groups in total. The molecule has 1 saturated heterocycles. The van der Waals surface area contributed by atoms with Crippen molar-refractivity contribution in [3.05, 3.63) is 64.2 Å². The lowest BCUT2D eigenvalue weighted by molar-refractivity contribution is -0.384. The standard InChI is InChI=1S/C17H17N3O3/c21-17(13-6-5-7-14(12-13)20(22)23)18-15-8-1-2-9-16(15)19-10-3-4-11-19/h1-2,5-9,12H,3-4,10-11H2,(H,18,21). The smallest absolute Gasteiger partial charge is 0.270 e. The molecule has 1 aliphatic heterocycles. The fraction of sp³-hybridized carbons (Fsp3) is 0.235. The predicted octanol–water partition coefficient (Wildman–Crippen LogP) is 3.45. The Labute approximate surface area is 133 Å². The molecule has 1 heterocycles. The van der Waals surface area contributed by atoms with Crippen molar-refractivity contribution >= 4 is 23.0 Å². The molecular weight excluding hydrogens is 294 g/mol. The van der Waals surface area contributed by atoms with Crippen LogP contribution in [0.2, 0.25) is 0 Å². The summed E-state index contributed by atoms with van der Waals surface area (Å²) >= 11 is 0. The fourth-order valence-corrected chi connectivity index (χ4v) is 2.77. The first kappa shape index (κ1) is 15.0. The summed E-state index contributed by atoms with van der Waals surface area (Å²) in [7, 11) is 0. The molecule has 0 saturated carbocycles. The minimum Gasteiger partial charge on any atom is -0.370 e. The largest absolute Gasteiger partial charge is 0.370 e. The lowest BCUT2D eigenvalue weighted by Gasteiger charge is -2.21. The number of nitrogens with zero attached hydrogens (tertiary/aromatic N) is 2. The lowest BCUT2D eigenvalue weighted by atomic mass is 10.1. The fourth-order valence-electron chi connectivity index (χ4n) is 2.77. The normalized spacial score (nSPS) is 13.8. The number of para-hydroxylation sites is 2.